The second-order valence-electron chi connectivity index (χ2n) is 5.96. The molecule has 0 spiro atoms. The summed E-state index contributed by atoms with van der Waals surface area (Å²) in [5.41, 5.74) is 2.24. The van der Waals surface area contributed by atoms with Crippen molar-refractivity contribution in [2.24, 2.45) is 0 Å². The Bertz CT molecular complexity index is 655. The minimum atomic E-state index is -0.515. The molecule has 3 heteroatoms. The lowest BCUT2D eigenvalue weighted by Gasteiger charge is -2.20. The zero-order chi connectivity index (χ0) is 16.0. The lowest BCUT2D eigenvalue weighted by atomic mass is 10.1. The predicted octanol–water partition coefficient (Wildman–Crippen LogP) is 5.20. The fourth-order valence-corrected chi connectivity index (χ4v) is 1.92. The Morgan fingerprint density at radius 2 is 1.59 bits per heavy atom. The highest BCUT2D eigenvalue weighted by molar-refractivity contribution is 5.89. The number of hydrogen-bond acceptors (Lipinski definition) is 2. The first-order valence-electron chi connectivity index (χ1n) is 7.26. The number of ether oxygens (including phenoxy) is 1. The van der Waals surface area contributed by atoms with Crippen molar-refractivity contribution < 1.29 is 9.53 Å². The van der Waals surface area contributed by atoms with Gasteiger partial charge in [0.2, 0.25) is 0 Å². The molecule has 2 rings (SSSR count). The van der Waals surface area contributed by atoms with Gasteiger partial charge in [0.15, 0.2) is 0 Å². The fourth-order valence-electron chi connectivity index (χ4n) is 1.92. The van der Waals surface area contributed by atoms with Crippen LogP contribution >= 0.6 is 0 Å². The molecule has 0 saturated carbocycles. The molecule has 0 bridgehead atoms. The third-order valence-corrected chi connectivity index (χ3v) is 2.85. The monoisotopic (exact) mass is 295 g/mol. The van der Waals surface area contributed by atoms with Gasteiger partial charge in [-0.3, -0.25) is 5.32 Å². The summed E-state index contributed by atoms with van der Waals surface area (Å²) in [6, 6.07) is 17.6. The molecule has 0 atom stereocenters. The Kier molecular flexibility index (Phi) is 4.99. The van der Waals surface area contributed by atoms with Crippen LogP contribution in [-0.4, -0.2) is 11.7 Å². The van der Waals surface area contributed by atoms with Gasteiger partial charge in [0.05, 0.1) is 5.69 Å². The van der Waals surface area contributed by atoms with E-state index in [4.69, 9.17) is 4.74 Å². The van der Waals surface area contributed by atoms with Gasteiger partial charge in [-0.2, -0.15) is 0 Å². The molecule has 0 fully saturated rings. The molecule has 0 unspecified atom stereocenters. The van der Waals surface area contributed by atoms with E-state index in [1.165, 1.54) is 0 Å². The summed E-state index contributed by atoms with van der Waals surface area (Å²) in [6.45, 7) is 5.52. The first-order chi connectivity index (χ1) is 10.4. The molecule has 2 aromatic carbocycles. The minimum Gasteiger partial charge on any atom is -0.444 e. The highest BCUT2D eigenvalue weighted by Crippen LogP contribution is 2.19. The Morgan fingerprint density at radius 1 is 0.955 bits per heavy atom. The van der Waals surface area contributed by atoms with Crippen molar-refractivity contribution in [2.75, 3.05) is 5.32 Å². The predicted molar refractivity (Wildman–Crippen MR) is 91.7 cm³/mol. The van der Waals surface area contributed by atoms with Crippen LogP contribution in [-0.2, 0) is 4.74 Å². The Morgan fingerprint density at radius 3 is 2.27 bits per heavy atom. The van der Waals surface area contributed by atoms with Crippen LogP contribution in [0, 0.1) is 0 Å². The third kappa shape index (κ3) is 5.09. The maximum absolute atomic E-state index is 11.9. The van der Waals surface area contributed by atoms with Crippen LogP contribution in [0.5, 0.6) is 0 Å². The molecule has 0 radical (unpaired) electrons. The van der Waals surface area contributed by atoms with Crippen LogP contribution in [0.4, 0.5) is 10.5 Å². The van der Waals surface area contributed by atoms with Gasteiger partial charge in [-0.15, -0.1) is 0 Å². The minimum absolute atomic E-state index is 0.451. The topological polar surface area (TPSA) is 38.3 Å². The van der Waals surface area contributed by atoms with Crippen LogP contribution in [0.3, 0.4) is 0 Å². The van der Waals surface area contributed by atoms with Crippen LogP contribution in [0.2, 0.25) is 0 Å². The van der Waals surface area contributed by atoms with E-state index in [9.17, 15) is 4.79 Å². The van der Waals surface area contributed by atoms with Crippen LogP contribution in [0.1, 0.15) is 31.9 Å². The zero-order valence-corrected chi connectivity index (χ0v) is 13.2. The second kappa shape index (κ2) is 6.94. The van der Waals surface area contributed by atoms with Crippen molar-refractivity contribution >= 4 is 23.9 Å². The number of nitrogens with one attached hydrogen (secondary N) is 1. The third-order valence-electron chi connectivity index (χ3n) is 2.85. The molecule has 0 aromatic heterocycles. The second-order valence-corrected chi connectivity index (χ2v) is 5.96. The van der Waals surface area contributed by atoms with Crippen molar-refractivity contribution in [3.63, 3.8) is 0 Å². The summed E-state index contributed by atoms with van der Waals surface area (Å²) < 4.78 is 5.29. The SMILES string of the molecule is CC(C)(C)OC(=O)Nc1ccccc1/C=C/c1ccccc1. The van der Waals surface area contributed by atoms with Crippen molar-refractivity contribution in [3.8, 4) is 0 Å². The van der Waals surface area contributed by atoms with Gasteiger partial charge in [0.25, 0.3) is 0 Å². The fraction of sp³-hybridized carbons (Fsp3) is 0.211. The Labute approximate surface area is 131 Å². The summed E-state index contributed by atoms with van der Waals surface area (Å²) in [5, 5.41) is 2.79. The largest absolute Gasteiger partial charge is 0.444 e. The summed E-state index contributed by atoms with van der Waals surface area (Å²) in [6.07, 6.45) is 3.53. The van der Waals surface area contributed by atoms with Crippen molar-refractivity contribution in [1.29, 1.82) is 0 Å². The van der Waals surface area contributed by atoms with E-state index in [0.29, 0.717) is 0 Å². The lowest BCUT2D eigenvalue weighted by molar-refractivity contribution is 0.0636. The number of benzene rings is 2. The van der Waals surface area contributed by atoms with Crippen LogP contribution in [0.15, 0.2) is 54.6 Å². The standard InChI is InChI=1S/C19H21NO2/c1-19(2,3)22-18(21)20-17-12-8-7-11-16(17)14-13-15-9-5-4-6-10-15/h4-14H,1-3H3,(H,20,21)/b14-13+. The molecular weight excluding hydrogens is 274 g/mol. The number of carbonyl (C=O) groups is 1. The number of rotatable bonds is 3. The Balaban J connectivity index is 2.13. The smallest absolute Gasteiger partial charge is 0.412 e. The number of anilines is 1. The van der Waals surface area contributed by atoms with Gasteiger partial charge in [-0.25, -0.2) is 4.79 Å². The van der Waals surface area contributed by atoms with Crippen molar-refractivity contribution in [2.45, 2.75) is 26.4 Å². The van der Waals surface area contributed by atoms with E-state index in [0.717, 1.165) is 16.8 Å². The maximum Gasteiger partial charge on any atom is 0.412 e. The van der Waals surface area contributed by atoms with Crippen molar-refractivity contribution in [1.82, 2.24) is 0 Å². The molecule has 0 aliphatic heterocycles. The van der Waals surface area contributed by atoms with E-state index in [-0.39, 0.29) is 0 Å². The molecule has 22 heavy (non-hydrogen) atoms. The van der Waals surface area contributed by atoms with E-state index >= 15 is 0 Å². The highest BCUT2D eigenvalue weighted by atomic mass is 16.6. The normalized spacial score (nSPS) is 11.4. The maximum atomic E-state index is 11.9. The van der Waals surface area contributed by atoms with Gasteiger partial charge in [0, 0.05) is 0 Å². The molecule has 3 nitrogen and oxygen atoms in total. The van der Waals surface area contributed by atoms with Gasteiger partial charge < -0.3 is 4.74 Å². The summed E-state index contributed by atoms with van der Waals surface area (Å²) in [7, 11) is 0. The summed E-state index contributed by atoms with van der Waals surface area (Å²) >= 11 is 0. The van der Waals surface area contributed by atoms with Gasteiger partial charge in [0.1, 0.15) is 5.60 Å². The lowest BCUT2D eigenvalue weighted by Crippen LogP contribution is -2.27. The van der Waals surface area contributed by atoms with Gasteiger partial charge in [-0.1, -0.05) is 60.7 Å². The van der Waals surface area contributed by atoms with E-state index in [2.05, 4.69) is 5.32 Å². The van der Waals surface area contributed by atoms with E-state index in [1.807, 2.05) is 87.5 Å². The van der Waals surface area contributed by atoms with Gasteiger partial charge in [-0.05, 0) is 38.0 Å². The first kappa shape index (κ1) is 15.8. The van der Waals surface area contributed by atoms with E-state index in [1.54, 1.807) is 0 Å². The molecule has 1 N–H and O–H groups in total. The molecule has 2 aromatic rings. The van der Waals surface area contributed by atoms with E-state index < -0.39 is 11.7 Å². The molecule has 0 aliphatic rings. The first-order valence-corrected chi connectivity index (χ1v) is 7.26. The molecule has 114 valence electrons. The number of para-hydroxylation sites is 1. The van der Waals surface area contributed by atoms with Crippen molar-refractivity contribution in [3.05, 3.63) is 65.7 Å². The number of amides is 1. The molecule has 0 saturated heterocycles. The molecule has 0 heterocycles. The zero-order valence-electron chi connectivity index (χ0n) is 13.2. The average molecular weight is 295 g/mol. The van der Waals surface area contributed by atoms with Crippen LogP contribution in [0.25, 0.3) is 12.2 Å². The summed E-state index contributed by atoms with van der Waals surface area (Å²) in [5.74, 6) is 0. The average Bonchev–Trinajstić information content (AvgIpc) is 2.45. The molecule has 1 amide bonds. The number of hydrogen-bond donors (Lipinski definition) is 1. The molecular formula is C19H21NO2. The molecule has 0 aliphatic carbocycles. The summed E-state index contributed by atoms with van der Waals surface area (Å²) in [4.78, 5) is 11.9. The van der Waals surface area contributed by atoms with Gasteiger partial charge >= 0.3 is 6.09 Å². The quantitative estimate of drug-likeness (QED) is 0.790. The highest BCUT2D eigenvalue weighted by Gasteiger charge is 2.16. The Hall–Kier alpha value is -2.55. The number of carbonyl (C=O) groups excluding carboxylic acids is 1. The van der Waals surface area contributed by atoms with Crippen LogP contribution < -0.4 is 5.32 Å².